The van der Waals surface area contributed by atoms with Gasteiger partial charge in [-0.3, -0.25) is 14.5 Å². The van der Waals surface area contributed by atoms with E-state index in [0.29, 0.717) is 0 Å². The van der Waals surface area contributed by atoms with Crippen LogP contribution in [0.4, 0.5) is 0 Å². The second-order valence-electron chi connectivity index (χ2n) is 3.82. The average Bonchev–Trinajstić information content (AvgIpc) is 2.22. The summed E-state index contributed by atoms with van der Waals surface area (Å²) in [5, 5.41) is 8.36. The Labute approximate surface area is 86.4 Å². The molecule has 5 nitrogen and oxygen atoms in total. The highest BCUT2D eigenvalue weighted by atomic mass is 16.4. The molecule has 2 unspecified atom stereocenters. The Kier molecular flexibility index (Phi) is 2.30. The van der Waals surface area contributed by atoms with Crippen molar-refractivity contribution < 1.29 is 19.5 Å². The van der Waals surface area contributed by atoms with E-state index in [1.54, 1.807) is 0 Å². The Hall–Kier alpha value is -1.65. The fraction of sp³-hybridized carbons (Fsp3) is 0.500. The molecule has 0 bridgehead atoms. The lowest BCUT2D eigenvalue weighted by molar-refractivity contribution is -0.139. The van der Waals surface area contributed by atoms with Crippen molar-refractivity contribution in [2.24, 2.45) is 11.8 Å². The van der Waals surface area contributed by atoms with Crippen molar-refractivity contribution >= 4 is 17.8 Å². The van der Waals surface area contributed by atoms with E-state index in [2.05, 4.69) is 0 Å². The maximum atomic E-state index is 11.6. The summed E-state index contributed by atoms with van der Waals surface area (Å²) in [5.74, 6) is -1.62. The molecule has 1 aliphatic heterocycles. The number of aliphatic carboxylic acids is 1. The molecular formula is C10H11NO4. The van der Waals surface area contributed by atoms with Crippen LogP contribution in [0.3, 0.4) is 0 Å². The third-order valence-corrected chi connectivity index (χ3v) is 2.99. The number of hydrogen-bond acceptors (Lipinski definition) is 3. The molecule has 2 atom stereocenters. The van der Waals surface area contributed by atoms with Crippen molar-refractivity contribution in [3.05, 3.63) is 12.2 Å². The van der Waals surface area contributed by atoms with Crippen molar-refractivity contribution in [2.45, 2.75) is 12.8 Å². The van der Waals surface area contributed by atoms with Gasteiger partial charge in [-0.15, -0.1) is 0 Å². The minimum absolute atomic E-state index is 0.0803. The number of rotatable bonds is 3. The molecule has 2 rings (SSSR count). The van der Waals surface area contributed by atoms with Gasteiger partial charge in [0.05, 0.1) is 11.8 Å². The van der Waals surface area contributed by atoms with Gasteiger partial charge in [0, 0.05) is 12.6 Å². The minimum Gasteiger partial charge on any atom is -0.478 e. The van der Waals surface area contributed by atoms with E-state index in [0.717, 1.165) is 23.8 Å². The number of carbonyl (C=O) groups is 3. The van der Waals surface area contributed by atoms with Gasteiger partial charge in [-0.25, -0.2) is 4.79 Å². The van der Waals surface area contributed by atoms with Gasteiger partial charge in [-0.1, -0.05) is 6.08 Å². The maximum absolute atomic E-state index is 11.6. The van der Waals surface area contributed by atoms with Crippen LogP contribution in [0.1, 0.15) is 12.8 Å². The molecule has 1 saturated carbocycles. The van der Waals surface area contributed by atoms with Crippen molar-refractivity contribution in [3.63, 3.8) is 0 Å². The van der Waals surface area contributed by atoms with E-state index in [9.17, 15) is 14.4 Å². The molecular weight excluding hydrogens is 198 g/mol. The molecule has 1 aliphatic carbocycles. The summed E-state index contributed by atoms with van der Waals surface area (Å²) in [5.41, 5.74) is 0. The summed E-state index contributed by atoms with van der Waals surface area (Å²) in [6.45, 7) is 0.0803. The number of carboxylic acid groups (broad SMARTS) is 1. The van der Waals surface area contributed by atoms with Crippen LogP contribution < -0.4 is 0 Å². The zero-order valence-corrected chi connectivity index (χ0v) is 8.05. The Morgan fingerprint density at radius 3 is 2.27 bits per heavy atom. The van der Waals surface area contributed by atoms with Crippen LogP contribution in [-0.4, -0.2) is 34.3 Å². The first-order chi connectivity index (χ1) is 7.11. The molecule has 0 aromatic heterocycles. The Morgan fingerprint density at radius 2 is 1.87 bits per heavy atom. The standard InChI is InChI=1S/C10H11NO4/c12-8(13)2-1-5-11-9(14)6-3-4-7(6)10(11)15/h1-2,6-7H,3-5H2,(H,12,13)/b2-1+. The van der Waals surface area contributed by atoms with Gasteiger partial charge in [-0.05, 0) is 12.8 Å². The maximum Gasteiger partial charge on any atom is 0.328 e. The van der Waals surface area contributed by atoms with Crippen LogP contribution in [0.2, 0.25) is 0 Å². The van der Waals surface area contributed by atoms with E-state index in [4.69, 9.17) is 5.11 Å². The van der Waals surface area contributed by atoms with Crippen molar-refractivity contribution in [1.29, 1.82) is 0 Å². The first kappa shape index (κ1) is 9.89. The number of nitrogens with zero attached hydrogens (tertiary/aromatic N) is 1. The number of carbonyl (C=O) groups excluding carboxylic acids is 2. The van der Waals surface area contributed by atoms with E-state index in [1.165, 1.54) is 6.08 Å². The van der Waals surface area contributed by atoms with E-state index in [1.807, 2.05) is 0 Å². The number of imide groups is 1. The molecule has 1 N–H and O–H groups in total. The SMILES string of the molecule is O=C(O)/C=C/CN1C(=O)C2CCC2C1=O. The molecule has 2 aliphatic rings. The normalized spacial score (nSPS) is 29.5. The van der Waals surface area contributed by atoms with Crippen LogP contribution >= 0.6 is 0 Å². The number of fused-ring (bicyclic) bond motifs is 1. The quantitative estimate of drug-likeness (QED) is 0.525. The van der Waals surface area contributed by atoms with Gasteiger partial charge in [0.15, 0.2) is 0 Å². The smallest absolute Gasteiger partial charge is 0.328 e. The van der Waals surface area contributed by atoms with Gasteiger partial charge >= 0.3 is 5.97 Å². The summed E-state index contributed by atoms with van der Waals surface area (Å²) in [4.78, 5) is 34.5. The highest BCUT2D eigenvalue weighted by molar-refractivity contribution is 6.06. The number of carboxylic acids is 1. The summed E-state index contributed by atoms with van der Waals surface area (Å²) in [6, 6.07) is 0. The monoisotopic (exact) mass is 209 g/mol. The van der Waals surface area contributed by atoms with Crippen LogP contribution in [0.25, 0.3) is 0 Å². The fourth-order valence-corrected chi connectivity index (χ4v) is 2.04. The van der Waals surface area contributed by atoms with Crippen LogP contribution in [0.15, 0.2) is 12.2 Å². The third kappa shape index (κ3) is 1.54. The second kappa shape index (κ2) is 3.49. The van der Waals surface area contributed by atoms with Crippen molar-refractivity contribution in [2.75, 3.05) is 6.54 Å². The Balaban J connectivity index is 2.00. The fourth-order valence-electron chi connectivity index (χ4n) is 2.04. The third-order valence-electron chi connectivity index (χ3n) is 2.99. The van der Waals surface area contributed by atoms with Gasteiger partial charge in [0.2, 0.25) is 11.8 Å². The molecule has 15 heavy (non-hydrogen) atoms. The highest BCUT2D eigenvalue weighted by Gasteiger charge is 2.52. The molecule has 2 amide bonds. The summed E-state index contributed by atoms with van der Waals surface area (Å²) in [7, 11) is 0. The molecule has 80 valence electrons. The molecule has 1 saturated heterocycles. The average molecular weight is 209 g/mol. The van der Waals surface area contributed by atoms with Crippen molar-refractivity contribution in [3.8, 4) is 0 Å². The second-order valence-corrected chi connectivity index (χ2v) is 3.82. The topological polar surface area (TPSA) is 74.7 Å². The molecule has 0 spiro atoms. The lowest BCUT2D eigenvalue weighted by atomic mass is 9.76. The van der Waals surface area contributed by atoms with Gasteiger partial charge in [0.1, 0.15) is 0 Å². The highest BCUT2D eigenvalue weighted by Crippen LogP contribution is 2.42. The van der Waals surface area contributed by atoms with Crippen LogP contribution in [0.5, 0.6) is 0 Å². The zero-order valence-electron chi connectivity index (χ0n) is 8.05. The minimum atomic E-state index is -1.07. The zero-order chi connectivity index (χ0) is 11.0. The number of hydrogen-bond donors (Lipinski definition) is 1. The first-order valence-corrected chi connectivity index (χ1v) is 4.86. The molecule has 5 heteroatoms. The van der Waals surface area contributed by atoms with E-state index >= 15 is 0 Å². The van der Waals surface area contributed by atoms with Crippen molar-refractivity contribution in [1.82, 2.24) is 4.90 Å². The summed E-state index contributed by atoms with van der Waals surface area (Å²) >= 11 is 0. The molecule has 0 radical (unpaired) electrons. The molecule has 0 aromatic rings. The Morgan fingerprint density at radius 1 is 1.33 bits per heavy atom. The first-order valence-electron chi connectivity index (χ1n) is 4.86. The van der Waals surface area contributed by atoms with E-state index in [-0.39, 0.29) is 30.2 Å². The van der Waals surface area contributed by atoms with Crippen LogP contribution in [-0.2, 0) is 14.4 Å². The summed E-state index contributed by atoms with van der Waals surface area (Å²) in [6.07, 6.45) is 3.84. The number of amides is 2. The predicted octanol–water partition coefficient (Wildman–Crippen LogP) is 0.0222. The number of likely N-dealkylation sites (tertiary alicyclic amines) is 1. The molecule has 2 fully saturated rings. The lowest BCUT2D eigenvalue weighted by Gasteiger charge is -2.24. The van der Waals surface area contributed by atoms with Crippen LogP contribution in [0, 0.1) is 11.8 Å². The predicted molar refractivity (Wildman–Crippen MR) is 49.7 cm³/mol. The lowest BCUT2D eigenvalue weighted by Crippen LogP contribution is -2.30. The van der Waals surface area contributed by atoms with Gasteiger partial charge in [-0.2, -0.15) is 0 Å². The largest absolute Gasteiger partial charge is 0.478 e. The van der Waals surface area contributed by atoms with E-state index < -0.39 is 5.97 Å². The van der Waals surface area contributed by atoms with Gasteiger partial charge in [0.25, 0.3) is 0 Å². The Bertz CT molecular complexity index is 338. The molecule has 0 aromatic carbocycles. The van der Waals surface area contributed by atoms with Gasteiger partial charge < -0.3 is 5.11 Å². The summed E-state index contributed by atoms with van der Waals surface area (Å²) < 4.78 is 0. The molecule has 1 heterocycles.